The Balaban J connectivity index is 1.98. The predicted octanol–water partition coefficient (Wildman–Crippen LogP) is 0.270. The van der Waals surface area contributed by atoms with Crippen LogP contribution < -0.4 is 4.72 Å². The van der Waals surface area contributed by atoms with Gasteiger partial charge in [0, 0.05) is 38.3 Å². The molecule has 0 aromatic carbocycles. The minimum absolute atomic E-state index is 0.000510. The van der Waals surface area contributed by atoms with E-state index in [2.05, 4.69) is 30.4 Å². The largest absolute Gasteiger partial charge is 0.376 e. The molecule has 0 radical (unpaired) electrons. The number of rotatable bonds is 4. The summed E-state index contributed by atoms with van der Waals surface area (Å²) in [5.41, 5.74) is 0. The Morgan fingerprint density at radius 3 is 2.45 bits per heavy atom. The van der Waals surface area contributed by atoms with E-state index in [1.165, 1.54) is 4.31 Å². The molecule has 0 bridgehead atoms. The molecule has 3 atom stereocenters. The molecule has 7 heteroatoms. The van der Waals surface area contributed by atoms with Gasteiger partial charge in [0.1, 0.15) is 0 Å². The summed E-state index contributed by atoms with van der Waals surface area (Å²) in [4.78, 5) is 2.32. The van der Waals surface area contributed by atoms with Crippen LogP contribution in [0.1, 0.15) is 27.7 Å². The molecule has 0 saturated carbocycles. The molecule has 0 unspecified atom stereocenters. The third-order valence-corrected chi connectivity index (χ3v) is 5.83. The van der Waals surface area contributed by atoms with Gasteiger partial charge in [0.05, 0.1) is 12.7 Å². The van der Waals surface area contributed by atoms with Gasteiger partial charge in [-0.15, -0.1) is 0 Å². The van der Waals surface area contributed by atoms with Crippen LogP contribution in [0.3, 0.4) is 0 Å². The van der Waals surface area contributed by atoms with Crippen LogP contribution in [0.5, 0.6) is 0 Å². The van der Waals surface area contributed by atoms with Crippen molar-refractivity contribution in [2.75, 3.05) is 32.8 Å². The summed E-state index contributed by atoms with van der Waals surface area (Å²) in [6.07, 6.45) is -0.0338. The van der Waals surface area contributed by atoms with Crippen molar-refractivity contribution in [2.45, 2.75) is 45.9 Å². The van der Waals surface area contributed by atoms with E-state index in [0.29, 0.717) is 31.7 Å². The summed E-state index contributed by atoms with van der Waals surface area (Å²) in [5.74, 6) is 0.339. The van der Waals surface area contributed by atoms with Crippen molar-refractivity contribution < 1.29 is 13.2 Å². The summed E-state index contributed by atoms with van der Waals surface area (Å²) in [6, 6.07) is 0.455. The van der Waals surface area contributed by atoms with E-state index in [1.54, 1.807) is 0 Å². The maximum Gasteiger partial charge on any atom is 0.279 e. The molecule has 2 fully saturated rings. The van der Waals surface area contributed by atoms with E-state index >= 15 is 0 Å². The van der Waals surface area contributed by atoms with Crippen molar-refractivity contribution in [1.82, 2.24) is 13.9 Å². The first-order valence-electron chi connectivity index (χ1n) is 7.42. The predicted molar refractivity (Wildman–Crippen MR) is 78.7 cm³/mol. The molecule has 2 heterocycles. The average Bonchev–Trinajstić information content (AvgIpc) is 2.70. The molecule has 1 N–H and O–H groups in total. The van der Waals surface area contributed by atoms with Crippen molar-refractivity contribution >= 4 is 10.2 Å². The number of likely N-dealkylation sites (tertiary alicyclic amines) is 1. The van der Waals surface area contributed by atoms with Gasteiger partial charge in [-0.2, -0.15) is 17.4 Å². The van der Waals surface area contributed by atoms with Crippen LogP contribution in [0.4, 0.5) is 0 Å². The SMILES string of the molecule is CC(C)N1C[C@H](NS(=O)(=O)N2CCO[C@H](C)C2)[C@@H](C)C1. The third kappa shape index (κ3) is 3.71. The van der Waals surface area contributed by atoms with Crippen LogP contribution in [0, 0.1) is 5.92 Å². The maximum atomic E-state index is 12.4. The third-order valence-electron chi connectivity index (χ3n) is 4.21. The second-order valence-corrected chi connectivity index (χ2v) is 8.00. The highest BCUT2D eigenvalue weighted by atomic mass is 32.2. The van der Waals surface area contributed by atoms with Gasteiger partial charge in [0.15, 0.2) is 0 Å². The van der Waals surface area contributed by atoms with Gasteiger partial charge < -0.3 is 4.74 Å². The Labute approximate surface area is 122 Å². The zero-order valence-corrected chi connectivity index (χ0v) is 13.7. The first-order valence-corrected chi connectivity index (χ1v) is 8.86. The van der Waals surface area contributed by atoms with E-state index in [9.17, 15) is 8.42 Å². The van der Waals surface area contributed by atoms with Gasteiger partial charge in [-0.1, -0.05) is 6.92 Å². The normalized spacial score (nSPS) is 34.0. The smallest absolute Gasteiger partial charge is 0.279 e. The molecule has 118 valence electrons. The quantitative estimate of drug-likeness (QED) is 0.810. The summed E-state index contributed by atoms with van der Waals surface area (Å²) in [7, 11) is -3.41. The molecule has 6 nitrogen and oxygen atoms in total. The molecular weight excluding hydrogens is 278 g/mol. The molecule has 2 saturated heterocycles. The molecule has 0 aliphatic carbocycles. The molecule has 20 heavy (non-hydrogen) atoms. The second kappa shape index (κ2) is 6.27. The highest BCUT2D eigenvalue weighted by molar-refractivity contribution is 7.87. The fourth-order valence-corrected chi connectivity index (χ4v) is 4.41. The lowest BCUT2D eigenvalue weighted by Crippen LogP contribution is -2.52. The Morgan fingerprint density at radius 2 is 1.90 bits per heavy atom. The monoisotopic (exact) mass is 305 g/mol. The second-order valence-electron chi connectivity index (χ2n) is 6.29. The number of nitrogens with zero attached hydrogens (tertiary/aromatic N) is 2. The Hall–Kier alpha value is -0.210. The van der Waals surface area contributed by atoms with Crippen molar-refractivity contribution in [1.29, 1.82) is 0 Å². The molecule has 0 aromatic heterocycles. The van der Waals surface area contributed by atoms with Gasteiger partial charge in [-0.05, 0) is 26.7 Å². The summed E-state index contributed by atoms with van der Waals surface area (Å²) < 4.78 is 34.7. The molecule has 0 amide bonds. The zero-order valence-electron chi connectivity index (χ0n) is 12.9. The minimum Gasteiger partial charge on any atom is -0.376 e. The highest BCUT2D eigenvalue weighted by Gasteiger charge is 2.36. The van der Waals surface area contributed by atoms with E-state index in [4.69, 9.17) is 4.74 Å². The first kappa shape index (κ1) is 16.2. The van der Waals surface area contributed by atoms with Crippen LogP contribution in [0.25, 0.3) is 0 Å². The Morgan fingerprint density at radius 1 is 1.20 bits per heavy atom. The number of hydrogen-bond donors (Lipinski definition) is 1. The molecule has 2 aliphatic heterocycles. The average molecular weight is 305 g/mol. The summed E-state index contributed by atoms with van der Waals surface area (Å²) in [6.45, 7) is 11.4. The van der Waals surface area contributed by atoms with Gasteiger partial charge >= 0.3 is 0 Å². The molecule has 2 rings (SSSR count). The van der Waals surface area contributed by atoms with E-state index in [1.807, 2.05) is 6.92 Å². The van der Waals surface area contributed by atoms with Crippen LogP contribution in [-0.4, -0.2) is 68.6 Å². The lowest BCUT2D eigenvalue weighted by molar-refractivity contribution is 0.00963. The van der Waals surface area contributed by atoms with Gasteiger partial charge in [-0.25, -0.2) is 0 Å². The van der Waals surface area contributed by atoms with Crippen molar-refractivity contribution in [3.05, 3.63) is 0 Å². The molecule has 0 aromatic rings. The molecule has 0 spiro atoms. The summed E-state index contributed by atoms with van der Waals surface area (Å²) in [5, 5.41) is 0. The fourth-order valence-electron chi connectivity index (χ4n) is 2.85. The van der Waals surface area contributed by atoms with Crippen molar-refractivity contribution in [2.24, 2.45) is 5.92 Å². The Bertz CT molecular complexity index is 427. The minimum atomic E-state index is -3.41. The van der Waals surface area contributed by atoms with Crippen LogP contribution >= 0.6 is 0 Å². The fraction of sp³-hybridized carbons (Fsp3) is 1.00. The number of hydrogen-bond acceptors (Lipinski definition) is 4. The zero-order chi connectivity index (χ0) is 14.9. The topological polar surface area (TPSA) is 61.9 Å². The van der Waals surface area contributed by atoms with Gasteiger partial charge in [-0.3, -0.25) is 4.90 Å². The number of nitrogens with one attached hydrogen (secondary N) is 1. The maximum absolute atomic E-state index is 12.4. The van der Waals surface area contributed by atoms with Crippen molar-refractivity contribution in [3.63, 3.8) is 0 Å². The number of morpholine rings is 1. The standard InChI is InChI=1S/C13H27N3O3S/c1-10(2)15-7-11(3)13(9-15)14-20(17,18)16-5-6-19-12(4)8-16/h10-14H,5-9H2,1-4H3/t11-,12+,13-/m0/s1. The first-order chi connectivity index (χ1) is 9.29. The number of ether oxygens (including phenoxy) is 1. The Kier molecular flexibility index (Phi) is 5.07. The molecular formula is C13H27N3O3S. The van der Waals surface area contributed by atoms with E-state index in [0.717, 1.165) is 13.1 Å². The van der Waals surface area contributed by atoms with Crippen LogP contribution in [0.15, 0.2) is 0 Å². The molecule has 2 aliphatic rings. The van der Waals surface area contributed by atoms with Crippen molar-refractivity contribution in [3.8, 4) is 0 Å². The van der Waals surface area contributed by atoms with Crippen LogP contribution in [0.2, 0.25) is 0 Å². The van der Waals surface area contributed by atoms with Gasteiger partial charge in [0.2, 0.25) is 0 Å². The van der Waals surface area contributed by atoms with E-state index in [-0.39, 0.29) is 12.1 Å². The van der Waals surface area contributed by atoms with E-state index < -0.39 is 10.2 Å². The highest BCUT2D eigenvalue weighted by Crippen LogP contribution is 2.20. The lowest BCUT2D eigenvalue weighted by Gasteiger charge is -2.31. The van der Waals surface area contributed by atoms with Crippen LogP contribution in [-0.2, 0) is 14.9 Å². The lowest BCUT2D eigenvalue weighted by atomic mass is 10.1. The summed E-state index contributed by atoms with van der Waals surface area (Å²) >= 11 is 0. The van der Waals surface area contributed by atoms with Gasteiger partial charge in [0.25, 0.3) is 10.2 Å².